The second kappa shape index (κ2) is 8.47. The van der Waals surface area contributed by atoms with Crippen LogP contribution >= 0.6 is 0 Å². The van der Waals surface area contributed by atoms with Crippen LogP contribution in [0.15, 0.2) is 59.7 Å². The molecule has 4 rings (SSSR count). The minimum Gasteiger partial charge on any atom is -0.491 e. The molecule has 0 saturated heterocycles. The quantitative estimate of drug-likeness (QED) is 0.462. The van der Waals surface area contributed by atoms with Crippen molar-refractivity contribution in [2.45, 2.75) is 26.3 Å². The molecule has 5 nitrogen and oxygen atoms in total. The molecule has 0 unspecified atom stereocenters. The second-order valence-electron chi connectivity index (χ2n) is 8.36. The van der Waals surface area contributed by atoms with E-state index in [9.17, 15) is 9.18 Å². The standard InChI is InChI=1S/C25H26FN3O2/c1-15(2)10-18(27)14-31-24-12-23-21(11-20(24)16-4-6-17(26)7-5-16)19-8-9-28-13-22(19)25(30)29(23)3/h4-9,11-13,15,18H,10,14,27H2,1-3H3/t18-/m0/s1. The molecular formula is C25H26FN3O2. The minimum absolute atomic E-state index is 0.108. The first kappa shape index (κ1) is 21.0. The van der Waals surface area contributed by atoms with Crippen molar-refractivity contribution in [3.05, 3.63) is 71.0 Å². The van der Waals surface area contributed by atoms with Crippen LogP contribution in [0.25, 0.3) is 32.8 Å². The van der Waals surface area contributed by atoms with Gasteiger partial charge in [0.25, 0.3) is 5.56 Å². The van der Waals surface area contributed by atoms with Gasteiger partial charge in [-0.05, 0) is 47.6 Å². The molecule has 0 saturated carbocycles. The number of benzene rings is 2. The van der Waals surface area contributed by atoms with Gasteiger partial charge < -0.3 is 15.0 Å². The number of halogens is 1. The van der Waals surface area contributed by atoms with E-state index in [0.29, 0.717) is 23.7 Å². The number of nitrogens with two attached hydrogens (primary N) is 1. The van der Waals surface area contributed by atoms with Crippen molar-refractivity contribution in [3.63, 3.8) is 0 Å². The Labute approximate surface area is 180 Å². The van der Waals surface area contributed by atoms with E-state index < -0.39 is 0 Å². The summed E-state index contributed by atoms with van der Waals surface area (Å²) in [6.45, 7) is 4.59. The highest BCUT2D eigenvalue weighted by Gasteiger charge is 2.16. The molecule has 160 valence electrons. The van der Waals surface area contributed by atoms with Crippen LogP contribution < -0.4 is 16.0 Å². The summed E-state index contributed by atoms with van der Waals surface area (Å²) in [5.74, 6) is 0.777. The number of aryl methyl sites for hydroxylation is 1. The summed E-state index contributed by atoms with van der Waals surface area (Å²) in [6.07, 6.45) is 4.10. The average Bonchev–Trinajstić information content (AvgIpc) is 2.75. The van der Waals surface area contributed by atoms with Crippen molar-refractivity contribution in [1.29, 1.82) is 0 Å². The number of nitrogens with zero attached hydrogens (tertiary/aromatic N) is 2. The van der Waals surface area contributed by atoms with Crippen LogP contribution in [-0.2, 0) is 7.05 Å². The molecule has 2 heterocycles. The predicted molar refractivity (Wildman–Crippen MR) is 123 cm³/mol. The van der Waals surface area contributed by atoms with Crippen LogP contribution in [0.4, 0.5) is 4.39 Å². The third-order valence-electron chi connectivity index (χ3n) is 5.49. The van der Waals surface area contributed by atoms with E-state index in [1.807, 2.05) is 18.2 Å². The van der Waals surface area contributed by atoms with E-state index in [2.05, 4.69) is 18.8 Å². The maximum Gasteiger partial charge on any atom is 0.260 e. The van der Waals surface area contributed by atoms with E-state index in [-0.39, 0.29) is 17.4 Å². The molecule has 6 heteroatoms. The van der Waals surface area contributed by atoms with Gasteiger partial charge in [-0.25, -0.2) is 4.39 Å². The smallest absolute Gasteiger partial charge is 0.260 e. The maximum absolute atomic E-state index is 13.5. The highest BCUT2D eigenvalue weighted by Crippen LogP contribution is 2.36. The minimum atomic E-state index is -0.301. The Hall–Kier alpha value is -3.25. The zero-order valence-electron chi connectivity index (χ0n) is 17.9. The molecule has 0 spiro atoms. The molecule has 2 N–H and O–H groups in total. The highest BCUT2D eigenvalue weighted by atomic mass is 19.1. The Balaban J connectivity index is 1.92. The van der Waals surface area contributed by atoms with Crippen molar-refractivity contribution in [2.24, 2.45) is 18.7 Å². The Morgan fingerprint density at radius 3 is 2.55 bits per heavy atom. The van der Waals surface area contributed by atoms with Gasteiger partial charge in [-0.3, -0.25) is 9.78 Å². The van der Waals surface area contributed by atoms with Gasteiger partial charge in [-0.15, -0.1) is 0 Å². The van der Waals surface area contributed by atoms with E-state index >= 15 is 0 Å². The van der Waals surface area contributed by atoms with E-state index in [0.717, 1.165) is 33.8 Å². The molecule has 0 amide bonds. The Morgan fingerprint density at radius 1 is 1.10 bits per heavy atom. The summed E-state index contributed by atoms with van der Waals surface area (Å²) in [5.41, 5.74) is 8.52. The molecule has 0 aliphatic heterocycles. The molecular weight excluding hydrogens is 393 g/mol. The fraction of sp³-hybridized carbons (Fsp3) is 0.280. The Kier molecular flexibility index (Phi) is 5.74. The van der Waals surface area contributed by atoms with Crippen LogP contribution in [0.5, 0.6) is 5.75 Å². The van der Waals surface area contributed by atoms with E-state index in [1.165, 1.54) is 12.1 Å². The van der Waals surface area contributed by atoms with Gasteiger partial charge >= 0.3 is 0 Å². The summed E-state index contributed by atoms with van der Waals surface area (Å²) in [5, 5.41) is 2.27. The fourth-order valence-electron chi connectivity index (χ4n) is 4.00. The van der Waals surface area contributed by atoms with Gasteiger partial charge in [0.05, 0.1) is 10.9 Å². The number of ether oxygens (including phenoxy) is 1. The van der Waals surface area contributed by atoms with Crippen LogP contribution in [0.2, 0.25) is 0 Å². The molecule has 4 aromatic rings. The van der Waals surface area contributed by atoms with E-state index in [4.69, 9.17) is 10.5 Å². The summed E-state index contributed by atoms with van der Waals surface area (Å²) < 4.78 is 21.3. The molecule has 0 aliphatic rings. The van der Waals surface area contributed by atoms with Crippen LogP contribution in [0.1, 0.15) is 20.3 Å². The number of hydrogen-bond donors (Lipinski definition) is 1. The summed E-state index contributed by atoms with van der Waals surface area (Å²) in [4.78, 5) is 17.0. The number of hydrogen-bond acceptors (Lipinski definition) is 4. The van der Waals surface area contributed by atoms with Crippen LogP contribution in [0.3, 0.4) is 0 Å². The lowest BCUT2D eigenvalue weighted by Crippen LogP contribution is -2.29. The Morgan fingerprint density at radius 2 is 1.84 bits per heavy atom. The van der Waals surface area contributed by atoms with Crippen LogP contribution in [-0.4, -0.2) is 22.2 Å². The van der Waals surface area contributed by atoms with Gasteiger partial charge in [-0.2, -0.15) is 0 Å². The molecule has 2 aromatic carbocycles. The van der Waals surface area contributed by atoms with Crippen LogP contribution in [0, 0.1) is 11.7 Å². The summed E-state index contributed by atoms with van der Waals surface area (Å²) in [7, 11) is 1.74. The lowest BCUT2D eigenvalue weighted by Gasteiger charge is -2.19. The summed E-state index contributed by atoms with van der Waals surface area (Å²) in [6, 6.07) is 11.9. The molecule has 0 radical (unpaired) electrons. The molecule has 1 atom stereocenters. The van der Waals surface area contributed by atoms with Crippen molar-refractivity contribution in [1.82, 2.24) is 9.55 Å². The van der Waals surface area contributed by atoms with Crippen molar-refractivity contribution in [3.8, 4) is 16.9 Å². The molecule has 0 fully saturated rings. The Bertz CT molecular complexity index is 1300. The molecule has 31 heavy (non-hydrogen) atoms. The van der Waals surface area contributed by atoms with E-state index in [1.54, 1.807) is 36.1 Å². The van der Waals surface area contributed by atoms with Crippen molar-refractivity contribution < 1.29 is 9.13 Å². The third-order valence-corrected chi connectivity index (χ3v) is 5.49. The molecule has 0 aliphatic carbocycles. The van der Waals surface area contributed by atoms with Crippen molar-refractivity contribution in [2.75, 3.05) is 6.61 Å². The number of fused-ring (bicyclic) bond motifs is 3. The lowest BCUT2D eigenvalue weighted by atomic mass is 9.99. The first-order valence-corrected chi connectivity index (χ1v) is 10.4. The summed E-state index contributed by atoms with van der Waals surface area (Å²) >= 11 is 0. The van der Waals surface area contributed by atoms with Gasteiger partial charge in [-0.1, -0.05) is 26.0 Å². The first-order valence-electron chi connectivity index (χ1n) is 10.4. The van der Waals surface area contributed by atoms with Gasteiger partial charge in [0.15, 0.2) is 0 Å². The monoisotopic (exact) mass is 419 g/mol. The molecule has 2 aromatic heterocycles. The third kappa shape index (κ3) is 4.16. The van der Waals surface area contributed by atoms with Crippen molar-refractivity contribution >= 4 is 21.7 Å². The highest BCUT2D eigenvalue weighted by molar-refractivity contribution is 6.07. The zero-order valence-corrected chi connectivity index (χ0v) is 17.9. The largest absolute Gasteiger partial charge is 0.491 e. The SMILES string of the molecule is CC(C)C[C@H](N)COc1cc2c(cc1-c1ccc(F)cc1)c1ccncc1c(=O)n2C. The van der Waals surface area contributed by atoms with Gasteiger partial charge in [0, 0.05) is 42.5 Å². The lowest BCUT2D eigenvalue weighted by molar-refractivity contribution is 0.272. The zero-order chi connectivity index (χ0) is 22.1. The van der Waals surface area contributed by atoms with Gasteiger partial charge in [0.1, 0.15) is 18.2 Å². The number of rotatable bonds is 6. The maximum atomic E-state index is 13.5. The predicted octanol–water partition coefficient (Wildman–Crippen LogP) is 4.65. The second-order valence-corrected chi connectivity index (χ2v) is 8.36. The first-order chi connectivity index (χ1) is 14.8. The normalized spacial score (nSPS) is 12.6. The van der Waals surface area contributed by atoms with Gasteiger partial charge in [0.2, 0.25) is 0 Å². The molecule has 0 bridgehead atoms. The fourth-order valence-corrected chi connectivity index (χ4v) is 4.00. The average molecular weight is 420 g/mol. The topological polar surface area (TPSA) is 70.1 Å². The number of pyridine rings is 2. The number of aromatic nitrogens is 2.